The summed E-state index contributed by atoms with van der Waals surface area (Å²) in [7, 11) is 1.68. The first-order valence-corrected chi connectivity index (χ1v) is 8.90. The molecule has 4 aliphatic rings. The van der Waals surface area contributed by atoms with Crippen LogP contribution in [0, 0.1) is 23.2 Å². The van der Waals surface area contributed by atoms with Crippen LogP contribution in [0.15, 0.2) is 22.7 Å². The van der Waals surface area contributed by atoms with E-state index < -0.39 is 0 Å². The maximum Gasteiger partial charge on any atom is 0.133 e. The Morgan fingerprint density at radius 2 is 1.71 bits per heavy atom. The molecule has 3 heteroatoms. The minimum atomic E-state index is -0.326. The molecular weight excluding hydrogens is 328 g/mol. The summed E-state index contributed by atoms with van der Waals surface area (Å²) in [4.78, 5) is 0. The van der Waals surface area contributed by atoms with Gasteiger partial charge in [-0.05, 0) is 89.9 Å². The molecule has 5 rings (SSSR count). The van der Waals surface area contributed by atoms with E-state index in [9.17, 15) is 5.11 Å². The lowest BCUT2D eigenvalue weighted by molar-refractivity contribution is -0.122. The van der Waals surface area contributed by atoms with Gasteiger partial charge in [0, 0.05) is 5.41 Å². The third-order valence-corrected chi connectivity index (χ3v) is 6.78. The highest BCUT2D eigenvalue weighted by Gasteiger charge is 2.54. The molecule has 4 bridgehead atoms. The fourth-order valence-electron chi connectivity index (χ4n) is 5.72. The Morgan fingerprint density at radius 1 is 1.14 bits per heavy atom. The number of aliphatic hydroxyl groups is 1. The first-order valence-electron chi connectivity index (χ1n) is 8.11. The number of rotatable bonds is 3. The van der Waals surface area contributed by atoms with E-state index in [0.29, 0.717) is 0 Å². The molecule has 0 radical (unpaired) electrons. The van der Waals surface area contributed by atoms with Gasteiger partial charge in [0.15, 0.2) is 0 Å². The van der Waals surface area contributed by atoms with Crippen molar-refractivity contribution in [2.75, 3.05) is 7.11 Å². The van der Waals surface area contributed by atoms with Gasteiger partial charge in [-0.15, -0.1) is 0 Å². The fourth-order valence-corrected chi connectivity index (χ4v) is 6.28. The predicted octanol–water partition coefficient (Wildman–Crippen LogP) is 4.71. The lowest BCUT2D eigenvalue weighted by atomic mass is 9.47. The van der Waals surface area contributed by atoms with Crippen LogP contribution in [0.1, 0.15) is 50.2 Å². The molecule has 0 aliphatic heterocycles. The first-order chi connectivity index (χ1) is 10.1. The smallest absolute Gasteiger partial charge is 0.133 e. The van der Waals surface area contributed by atoms with Gasteiger partial charge in [0.1, 0.15) is 5.75 Å². The Hall–Kier alpha value is -0.540. The minimum absolute atomic E-state index is 0.142. The Morgan fingerprint density at radius 3 is 2.19 bits per heavy atom. The average molecular weight is 351 g/mol. The van der Waals surface area contributed by atoms with E-state index in [4.69, 9.17) is 4.74 Å². The van der Waals surface area contributed by atoms with Gasteiger partial charge in [0.25, 0.3) is 0 Å². The minimum Gasteiger partial charge on any atom is -0.496 e. The topological polar surface area (TPSA) is 29.5 Å². The van der Waals surface area contributed by atoms with Crippen LogP contribution in [0.5, 0.6) is 5.75 Å². The molecule has 0 amide bonds. The van der Waals surface area contributed by atoms with Crippen molar-refractivity contribution in [3.8, 4) is 5.75 Å². The van der Waals surface area contributed by atoms with Crippen LogP contribution in [0.25, 0.3) is 0 Å². The number of halogens is 1. The van der Waals surface area contributed by atoms with Crippen molar-refractivity contribution < 1.29 is 9.84 Å². The van der Waals surface area contributed by atoms with Crippen molar-refractivity contribution in [3.63, 3.8) is 0 Å². The second kappa shape index (κ2) is 4.99. The highest BCUT2D eigenvalue weighted by Crippen LogP contribution is 2.64. The largest absolute Gasteiger partial charge is 0.496 e. The maximum atomic E-state index is 11.1. The van der Waals surface area contributed by atoms with Gasteiger partial charge in [0.05, 0.1) is 17.7 Å². The number of benzene rings is 1. The molecule has 4 fully saturated rings. The number of methoxy groups -OCH3 is 1. The molecule has 4 saturated carbocycles. The van der Waals surface area contributed by atoms with Crippen LogP contribution in [0.3, 0.4) is 0 Å². The van der Waals surface area contributed by atoms with Crippen LogP contribution in [-0.2, 0) is 0 Å². The van der Waals surface area contributed by atoms with Gasteiger partial charge in [0.2, 0.25) is 0 Å². The standard InChI is InChI=1S/C18H23BrO2/c1-21-16-3-2-14(7-15(16)19)17(20)18-8-11-4-12(9-18)6-13(5-11)10-18/h2-3,7,11-13,17,20H,4-6,8-10H2,1H3. The summed E-state index contributed by atoms with van der Waals surface area (Å²) in [6.45, 7) is 0. The van der Waals surface area contributed by atoms with E-state index in [1.54, 1.807) is 7.11 Å². The molecule has 0 heterocycles. The fraction of sp³-hybridized carbons (Fsp3) is 0.667. The third kappa shape index (κ3) is 2.24. The highest BCUT2D eigenvalue weighted by atomic mass is 79.9. The van der Waals surface area contributed by atoms with Gasteiger partial charge in [-0.1, -0.05) is 6.07 Å². The van der Waals surface area contributed by atoms with Crippen molar-refractivity contribution in [1.82, 2.24) is 0 Å². The lowest BCUT2D eigenvalue weighted by Gasteiger charge is -2.58. The highest BCUT2D eigenvalue weighted by molar-refractivity contribution is 9.10. The second-order valence-corrected chi connectivity index (χ2v) is 8.43. The Kier molecular flexibility index (Phi) is 3.34. The van der Waals surface area contributed by atoms with Crippen molar-refractivity contribution in [2.24, 2.45) is 23.2 Å². The SMILES string of the molecule is COc1ccc(C(O)C23CC4CC(CC(C4)C2)C3)cc1Br. The van der Waals surface area contributed by atoms with Crippen LogP contribution in [0.2, 0.25) is 0 Å². The normalized spacial score (nSPS) is 38.5. The summed E-state index contributed by atoms with van der Waals surface area (Å²) in [6, 6.07) is 6.04. The molecule has 0 spiro atoms. The van der Waals surface area contributed by atoms with E-state index >= 15 is 0 Å². The van der Waals surface area contributed by atoms with Crippen LogP contribution in [-0.4, -0.2) is 12.2 Å². The Labute approximate surface area is 135 Å². The quantitative estimate of drug-likeness (QED) is 0.855. The van der Waals surface area contributed by atoms with E-state index in [2.05, 4.69) is 15.9 Å². The zero-order valence-electron chi connectivity index (χ0n) is 12.5. The summed E-state index contributed by atoms with van der Waals surface area (Å²) in [6.07, 6.45) is 7.60. The average Bonchev–Trinajstić information content (AvgIpc) is 2.45. The maximum absolute atomic E-state index is 11.1. The molecular formula is C18H23BrO2. The van der Waals surface area contributed by atoms with Gasteiger partial charge in [-0.25, -0.2) is 0 Å². The van der Waals surface area contributed by atoms with Crippen molar-refractivity contribution in [3.05, 3.63) is 28.2 Å². The summed E-state index contributed by atoms with van der Waals surface area (Å²) in [5.41, 5.74) is 1.19. The van der Waals surface area contributed by atoms with Gasteiger partial charge < -0.3 is 9.84 Å². The zero-order valence-corrected chi connectivity index (χ0v) is 14.1. The van der Waals surface area contributed by atoms with E-state index in [-0.39, 0.29) is 11.5 Å². The van der Waals surface area contributed by atoms with E-state index in [1.165, 1.54) is 38.5 Å². The van der Waals surface area contributed by atoms with Gasteiger partial charge >= 0.3 is 0 Å². The van der Waals surface area contributed by atoms with Crippen LogP contribution in [0.4, 0.5) is 0 Å². The van der Waals surface area contributed by atoms with Crippen molar-refractivity contribution >= 4 is 15.9 Å². The van der Waals surface area contributed by atoms with Crippen molar-refractivity contribution in [2.45, 2.75) is 44.6 Å². The summed E-state index contributed by atoms with van der Waals surface area (Å²) in [5, 5.41) is 11.1. The molecule has 1 N–H and O–H groups in total. The predicted molar refractivity (Wildman–Crippen MR) is 86.3 cm³/mol. The summed E-state index contributed by atoms with van der Waals surface area (Å²) in [5.74, 6) is 3.43. The number of aliphatic hydroxyl groups excluding tert-OH is 1. The van der Waals surface area contributed by atoms with Gasteiger partial charge in [-0.3, -0.25) is 0 Å². The number of ether oxygens (including phenoxy) is 1. The molecule has 114 valence electrons. The van der Waals surface area contributed by atoms with Crippen LogP contribution < -0.4 is 4.74 Å². The Bertz CT molecular complexity index is 519. The molecule has 0 aromatic heterocycles. The summed E-state index contributed by atoms with van der Waals surface area (Å²) >= 11 is 3.55. The first kappa shape index (κ1) is 14.1. The third-order valence-electron chi connectivity index (χ3n) is 6.16. The van der Waals surface area contributed by atoms with E-state index in [0.717, 1.165) is 33.5 Å². The molecule has 1 atom stereocenters. The van der Waals surface area contributed by atoms with Gasteiger partial charge in [-0.2, -0.15) is 0 Å². The molecule has 1 unspecified atom stereocenters. The molecule has 2 nitrogen and oxygen atoms in total. The molecule has 21 heavy (non-hydrogen) atoms. The molecule has 1 aromatic carbocycles. The number of hydrogen-bond acceptors (Lipinski definition) is 2. The number of hydrogen-bond donors (Lipinski definition) is 1. The molecule has 4 aliphatic carbocycles. The molecule has 1 aromatic rings. The van der Waals surface area contributed by atoms with Crippen LogP contribution >= 0.6 is 15.9 Å². The molecule has 0 saturated heterocycles. The monoisotopic (exact) mass is 350 g/mol. The second-order valence-electron chi connectivity index (χ2n) is 7.58. The lowest BCUT2D eigenvalue weighted by Crippen LogP contribution is -2.48. The van der Waals surface area contributed by atoms with E-state index in [1.807, 2.05) is 18.2 Å². The zero-order chi connectivity index (χ0) is 14.6. The van der Waals surface area contributed by atoms with Crippen molar-refractivity contribution in [1.29, 1.82) is 0 Å². The summed E-state index contributed by atoms with van der Waals surface area (Å²) < 4.78 is 6.24. The Balaban J connectivity index is 1.65.